The number of rotatable bonds is 8. The lowest BCUT2D eigenvalue weighted by atomic mass is 10.0. The number of ether oxygens (including phenoxy) is 1. The molecular weight excluding hydrogens is 308 g/mol. The molecule has 1 atom stereocenters. The van der Waals surface area contributed by atoms with Crippen molar-refractivity contribution < 1.29 is 14.1 Å². The van der Waals surface area contributed by atoms with Gasteiger partial charge < -0.3 is 19.9 Å². The van der Waals surface area contributed by atoms with Gasteiger partial charge in [0.25, 0.3) is 0 Å². The summed E-state index contributed by atoms with van der Waals surface area (Å²) >= 11 is 0. The first-order valence-electron chi connectivity index (χ1n) is 8.10. The number of amides is 1. The van der Waals surface area contributed by atoms with Crippen molar-refractivity contribution in [2.75, 3.05) is 20.2 Å². The SMILES string of the molecule is COc1ccccc1C(NC(=O)CNCC1CC1)c1noc(C)n1. The number of methoxy groups -OCH3 is 1. The van der Waals surface area contributed by atoms with Crippen LogP contribution in [0.5, 0.6) is 5.75 Å². The van der Waals surface area contributed by atoms with Gasteiger partial charge in [0.2, 0.25) is 11.8 Å². The lowest BCUT2D eigenvalue weighted by Gasteiger charge is -2.18. The van der Waals surface area contributed by atoms with Gasteiger partial charge in [-0.1, -0.05) is 23.4 Å². The van der Waals surface area contributed by atoms with E-state index in [0.717, 1.165) is 18.0 Å². The Labute approximate surface area is 140 Å². The van der Waals surface area contributed by atoms with Gasteiger partial charge in [-0.3, -0.25) is 4.79 Å². The van der Waals surface area contributed by atoms with Crippen LogP contribution >= 0.6 is 0 Å². The van der Waals surface area contributed by atoms with Crippen molar-refractivity contribution in [3.8, 4) is 5.75 Å². The molecule has 1 aliphatic carbocycles. The summed E-state index contributed by atoms with van der Waals surface area (Å²) < 4.78 is 10.5. The van der Waals surface area contributed by atoms with E-state index >= 15 is 0 Å². The molecule has 3 rings (SSSR count). The van der Waals surface area contributed by atoms with Gasteiger partial charge in [0.15, 0.2) is 5.82 Å². The van der Waals surface area contributed by atoms with Crippen molar-refractivity contribution in [3.63, 3.8) is 0 Å². The van der Waals surface area contributed by atoms with Gasteiger partial charge in [-0.15, -0.1) is 0 Å². The molecule has 1 unspecified atom stereocenters. The van der Waals surface area contributed by atoms with Crippen molar-refractivity contribution in [1.29, 1.82) is 0 Å². The van der Waals surface area contributed by atoms with E-state index in [0.29, 0.717) is 17.5 Å². The van der Waals surface area contributed by atoms with E-state index in [1.165, 1.54) is 12.8 Å². The third kappa shape index (κ3) is 4.11. The zero-order valence-corrected chi connectivity index (χ0v) is 13.9. The van der Waals surface area contributed by atoms with Gasteiger partial charge in [-0.25, -0.2) is 0 Å². The molecule has 0 radical (unpaired) electrons. The van der Waals surface area contributed by atoms with Gasteiger partial charge in [-0.2, -0.15) is 4.98 Å². The highest BCUT2D eigenvalue weighted by Crippen LogP contribution is 2.29. The molecule has 128 valence electrons. The predicted octanol–water partition coefficient (Wildman–Crippen LogP) is 1.59. The standard InChI is InChI=1S/C17H22N4O3/c1-11-19-17(21-24-11)16(13-5-3-4-6-14(13)23-2)20-15(22)10-18-9-12-7-8-12/h3-6,12,16,18H,7-10H2,1-2H3,(H,20,22). The highest BCUT2D eigenvalue weighted by molar-refractivity contribution is 5.79. The minimum atomic E-state index is -0.520. The lowest BCUT2D eigenvalue weighted by molar-refractivity contribution is -0.120. The van der Waals surface area contributed by atoms with Gasteiger partial charge in [-0.05, 0) is 31.4 Å². The van der Waals surface area contributed by atoms with E-state index < -0.39 is 6.04 Å². The molecule has 0 saturated heterocycles. The van der Waals surface area contributed by atoms with Gasteiger partial charge in [0, 0.05) is 12.5 Å². The van der Waals surface area contributed by atoms with E-state index in [4.69, 9.17) is 9.26 Å². The van der Waals surface area contributed by atoms with Crippen molar-refractivity contribution in [2.24, 2.45) is 5.92 Å². The summed E-state index contributed by atoms with van der Waals surface area (Å²) in [4.78, 5) is 16.6. The van der Waals surface area contributed by atoms with Crippen LogP contribution in [-0.4, -0.2) is 36.2 Å². The number of carbonyl (C=O) groups excluding carboxylic acids is 1. The molecule has 1 saturated carbocycles. The van der Waals surface area contributed by atoms with E-state index in [-0.39, 0.29) is 12.5 Å². The average Bonchev–Trinajstić information content (AvgIpc) is 3.31. The summed E-state index contributed by atoms with van der Waals surface area (Å²) in [6.07, 6.45) is 2.50. The monoisotopic (exact) mass is 330 g/mol. The lowest BCUT2D eigenvalue weighted by Crippen LogP contribution is -2.37. The molecule has 1 fully saturated rings. The maximum absolute atomic E-state index is 12.3. The van der Waals surface area contributed by atoms with E-state index in [1.54, 1.807) is 14.0 Å². The number of aromatic nitrogens is 2. The summed E-state index contributed by atoms with van der Waals surface area (Å²) in [5.74, 6) is 2.13. The second-order valence-electron chi connectivity index (χ2n) is 5.99. The van der Waals surface area contributed by atoms with E-state index in [2.05, 4.69) is 20.8 Å². The van der Waals surface area contributed by atoms with E-state index in [9.17, 15) is 4.79 Å². The molecule has 1 aliphatic rings. The fourth-order valence-electron chi connectivity index (χ4n) is 2.54. The number of hydrogen-bond acceptors (Lipinski definition) is 6. The first-order chi connectivity index (χ1) is 11.7. The van der Waals surface area contributed by atoms with Crippen LogP contribution in [0.15, 0.2) is 28.8 Å². The number of benzene rings is 1. The van der Waals surface area contributed by atoms with Crippen LogP contribution in [0, 0.1) is 12.8 Å². The molecule has 1 heterocycles. The molecule has 2 N–H and O–H groups in total. The second-order valence-corrected chi connectivity index (χ2v) is 5.99. The number of nitrogens with zero attached hydrogens (tertiary/aromatic N) is 2. The van der Waals surface area contributed by atoms with Crippen LogP contribution in [0.2, 0.25) is 0 Å². The molecule has 2 aromatic rings. The third-order valence-corrected chi connectivity index (χ3v) is 3.97. The highest BCUT2D eigenvalue weighted by Gasteiger charge is 2.25. The first-order valence-corrected chi connectivity index (χ1v) is 8.10. The molecule has 1 aromatic carbocycles. The molecule has 1 aromatic heterocycles. The normalized spacial score (nSPS) is 15.1. The van der Waals surface area contributed by atoms with Gasteiger partial charge in [0.05, 0.1) is 13.7 Å². The largest absolute Gasteiger partial charge is 0.496 e. The summed E-state index contributed by atoms with van der Waals surface area (Å²) in [7, 11) is 1.59. The van der Waals surface area contributed by atoms with Crippen molar-refractivity contribution in [3.05, 3.63) is 41.5 Å². The van der Waals surface area contributed by atoms with Gasteiger partial charge in [0.1, 0.15) is 11.8 Å². The summed E-state index contributed by atoms with van der Waals surface area (Å²) in [5, 5.41) is 10.1. The summed E-state index contributed by atoms with van der Waals surface area (Å²) in [5.41, 5.74) is 0.788. The first kappa shape index (κ1) is 16.4. The van der Waals surface area contributed by atoms with Crippen LogP contribution in [0.1, 0.15) is 36.2 Å². The second kappa shape index (κ2) is 7.44. The Morgan fingerprint density at radius 2 is 2.21 bits per heavy atom. The summed E-state index contributed by atoms with van der Waals surface area (Å²) in [6, 6.07) is 6.96. The van der Waals surface area contributed by atoms with E-state index in [1.807, 2.05) is 24.3 Å². The smallest absolute Gasteiger partial charge is 0.234 e. The molecule has 7 heteroatoms. The Kier molecular flexibility index (Phi) is 5.10. The number of para-hydroxylation sites is 1. The van der Waals surface area contributed by atoms with Crippen LogP contribution in [0.4, 0.5) is 0 Å². The molecule has 1 amide bonds. The molecular formula is C17H22N4O3. The predicted molar refractivity (Wildman–Crippen MR) is 87.6 cm³/mol. The Morgan fingerprint density at radius 3 is 2.88 bits per heavy atom. The van der Waals surface area contributed by atoms with Crippen LogP contribution in [-0.2, 0) is 4.79 Å². The zero-order chi connectivity index (χ0) is 16.9. The summed E-state index contributed by atoms with van der Waals surface area (Å²) in [6.45, 7) is 2.86. The molecule has 0 bridgehead atoms. The topological polar surface area (TPSA) is 89.3 Å². The quantitative estimate of drug-likeness (QED) is 0.764. The highest BCUT2D eigenvalue weighted by atomic mass is 16.5. The number of carbonyl (C=O) groups is 1. The Bertz CT molecular complexity index is 697. The Balaban J connectivity index is 1.75. The average molecular weight is 330 g/mol. The minimum absolute atomic E-state index is 0.117. The molecule has 7 nitrogen and oxygen atoms in total. The third-order valence-electron chi connectivity index (χ3n) is 3.97. The van der Waals surface area contributed by atoms with Gasteiger partial charge >= 0.3 is 0 Å². The Hall–Kier alpha value is -2.41. The number of aryl methyl sites for hydroxylation is 1. The minimum Gasteiger partial charge on any atom is -0.496 e. The maximum Gasteiger partial charge on any atom is 0.234 e. The maximum atomic E-state index is 12.3. The molecule has 24 heavy (non-hydrogen) atoms. The fraction of sp³-hybridized carbons (Fsp3) is 0.471. The number of hydrogen-bond donors (Lipinski definition) is 2. The van der Waals surface area contributed by atoms with Crippen LogP contribution < -0.4 is 15.4 Å². The molecule has 0 spiro atoms. The fourth-order valence-corrected chi connectivity index (χ4v) is 2.54. The zero-order valence-electron chi connectivity index (χ0n) is 13.9. The van der Waals surface area contributed by atoms with Crippen LogP contribution in [0.3, 0.4) is 0 Å². The Morgan fingerprint density at radius 1 is 1.42 bits per heavy atom. The molecule has 0 aliphatic heterocycles. The van der Waals surface area contributed by atoms with Crippen molar-refractivity contribution >= 4 is 5.91 Å². The van der Waals surface area contributed by atoms with Crippen molar-refractivity contribution in [1.82, 2.24) is 20.8 Å². The van der Waals surface area contributed by atoms with Crippen molar-refractivity contribution in [2.45, 2.75) is 25.8 Å². The van der Waals surface area contributed by atoms with Crippen LogP contribution in [0.25, 0.3) is 0 Å². The number of nitrogens with one attached hydrogen (secondary N) is 2.